The third kappa shape index (κ3) is 2.07. The molecule has 0 bridgehead atoms. The Morgan fingerprint density at radius 1 is 1.56 bits per heavy atom. The molecule has 3 nitrogen and oxygen atoms in total. The summed E-state index contributed by atoms with van der Waals surface area (Å²) in [5, 5.41) is 26.8. The van der Waals surface area contributed by atoms with Gasteiger partial charge in [0.05, 0.1) is 6.10 Å². The van der Waals surface area contributed by atoms with Crippen molar-refractivity contribution >= 4 is 6.21 Å². The molecule has 0 amide bonds. The van der Waals surface area contributed by atoms with Gasteiger partial charge in [-0.1, -0.05) is 0 Å². The summed E-state index contributed by atoms with van der Waals surface area (Å²) in [5.74, 6) is 2.46. The van der Waals surface area contributed by atoms with Crippen LogP contribution in [-0.2, 0) is 0 Å². The van der Waals surface area contributed by atoms with Gasteiger partial charge in [0.2, 0.25) is 0 Å². The quantitative estimate of drug-likeness (QED) is 0.536. The normalized spacial score (nSPS) is 11.9. The van der Waals surface area contributed by atoms with E-state index < -0.39 is 6.10 Å². The molecule has 1 rings (SSSR count). The summed E-state index contributed by atoms with van der Waals surface area (Å²) in [6, 6.07) is 1.54. The van der Waals surface area contributed by atoms with Crippen LogP contribution < -0.4 is 0 Å². The Kier molecular flexibility index (Phi) is 3.70. The number of phenolic OH excluding ortho intramolecular Hbond substituents is 1. The highest BCUT2D eigenvalue weighted by molar-refractivity contribution is 5.84. The zero-order valence-corrected chi connectivity index (χ0v) is 9.41. The van der Waals surface area contributed by atoms with Crippen molar-refractivity contribution in [1.82, 2.24) is 0 Å². The molecule has 0 heterocycles. The van der Waals surface area contributed by atoms with Crippen molar-refractivity contribution < 1.29 is 10.2 Å². The monoisotopic (exact) mass is 217 g/mol. The minimum atomic E-state index is -0.746. The first-order valence-electron chi connectivity index (χ1n) is 4.98. The number of terminal acetylenes is 1. The number of phenols is 1. The number of hydrogen-bond donors (Lipinski definition) is 3. The van der Waals surface area contributed by atoms with Crippen molar-refractivity contribution in [2.75, 3.05) is 0 Å². The van der Waals surface area contributed by atoms with Gasteiger partial charge >= 0.3 is 0 Å². The van der Waals surface area contributed by atoms with Crippen LogP contribution in [0.1, 0.15) is 34.8 Å². The number of aliphatic hydroxyl groups excluding tert-OH is 1. The standard InChI is InChI=1S/C13H15NO2/c1-4-5-11(15)13-8(2)6-12(16)10(7-14)9(13)3/h1,6-7,11,14-16H,5H2,2-3H3. The van der Waals surface area contributed by atoms with E-state index in [1.807, 2.05) is 0 Å². The molecular weight excluding hydrogens is 202 g/mol. The van der Waals surface area contributed by atoms with Gasteiger partial charge in [-0.2, -0.15) is 0 Å². The van der Waals surface area contributed by atoms with E-state index in [2.05, 4.69) is 5.92 Å². The van der Waals surface area contributed by atoms with Gasteiger partial charge < -0.3 is 15.6 Å². The molecule has 0 aliphatic carbocycles. The number of aliphatic hydroxyl groups is 1. The van der Waals surface area contributed by atoms with Gasteiger partial charge in [0.25, 0.3) is 0 Å². The molecule has 3 heteroatoms. The molecule has 0 radical (unpaired) electrons. The van der Waals surface area contributed by atoms with Crippen molar-refractivity contribution in [3.63, 3.8) is 0 Å². The number of aromatic hydroxyl groups is 1. The third-order valence-corrected chi connectivity index (χ3v) is 2.65. The number of nitrogens with one attached hydrogen (secondary N) is 1. The van der Waals surface area contributed by atoms with E-state index in [-0.39, 0.29) is 12.2 Å². The van der Waals surface area contributed by atoms with Gasteiger partial charge in [0, 0.05) is 18.2 Å². The second-order valence-electron chi connectivity index (χ2n) is 3.73. The van der Waals surface area contributed by atoms with Crippen LogP contribution in [0.3, 0.4) is 0 Å². The Balaban J connectivity index is 3.40. The predicted octanol–water partition coefficient (Wildman–Crippen LogP) is 2.06. The Morgan fingerprint density at radius 2 is 2.19 bits per heavy atom. The predicted molar refractivity (Wildman–Crippen MR) is 63.9 cm³/mol. The molecule has 1 unspecified atom stereocenters. The van der Waals surface area contributed by atoms with Gasteiger partial charge in [-0.15, -0.1) is 12.3 Å². The average Bonchev–Trinajstić information content (AvgIpc) is 2.17. The SMILES string of the molecule is C#CCC(O)c1c(C)cc(O)c(C=N)c1C. The van der Waals surface area contributed by atoms with E-state index in [4.69, 9.17) is 11.8 Å². The Hall–Kier alpha value is -1.79. The van der Waals surface area contributed by atoms with Crippen molar-refractivity contribution in [2.45, 2.75) is 26.4 Å². The molecule has 1 aromatic rings. The van der Waals surface area contributed by atoms with Crippen LogP contribution in [0.4, 0.5) is 0 Å². The van der Waals surface area contributed by atoms with E-state index in [0.717, 1.165) is 11.8 Å². The molecule has 0 aliphatic heterocycles. The molecule has 1 atom stereocenters. The highest BCUT2D eigenvalue weighted by Gasteiger charge is 2.16. The lowest BCUT2D eigenvalue weighted by atomic mass is 9.92. The molecule has 3 N–H and O–H groups in total. The smallest absolute Gasteiger partial charge is 0.124 e. The topological polar surface area (TPSA) is 64.3 Å². The van der Waals surface area contributed by atoms with Gasteiger partial charge in [-0.05, 0) is 36.6 Å². The van der Waals surface area contributed by atoms with Crippen LogP contribution in [0.25, 0.3) is 0 Å². The fourth-order valence-corrected chi connectivity index (χ4v) is 1.90. The van der Waals surface area contributed by atoms with Gasteiger partial charge in [0.1, 0.15) is 5.75 Å². The van der Waals surface area contributed by atoms with Crippen molar-refractivity contribution in [3.8, 4) is 18.1 Å². The van der Waals surface area contributed by atoms with E-state index in [1.165, 1.54) is 0 Å². The van der Waals surface area contributed by atoms with Crippen LogP contribution in [0.15, 0.2) is 6.07 Å². The molecule has 0 saturated heterocycles. The van der Waals surface area contributed by atoms with E-state index in [1.54, 1.807) is 19.9 Å². The third-order valence-electron chi connectivity index (χ3n) is 2.65. The van der Waals surface area contributed by atoms with Crippen LogP contribution in [-0.4, -0.2) is 16.4 Å². The molecule has 1 aromatic carbocycles. The van der Waals surface area contributed by atoms with E-state index in [9.17, 15) is 10.2 Å². The lowest BCUT2D eigenvalue weighted by Crippen LogP contribution is -2.05. The maximum Gasteiger partial charge on any atom is 0.124 e. The highest BCUT2D eigenvalue weighted by atomic mass is 16.3. The molecule has 84 valence electrons. The number of benzene rings is 1. The summed E-state index contributed by atoms with van der Waals surface area (Å²) in [6.07, 6.45) is 5.72. The molecule has 0 spiro atoms. The molecule has 0 aromatic heterocycles. The number of rotatable bonds is 3. The molecule has 16 heavy (non-hydrogen) atoms. The highest BCUT2D eigenvalue weighted by Crippen LogP contribution is 2.31. The van der Waals surface area contributed by atoms with Crippen LogP contribution in [0.2, 0.25) is 0 Å². The fraction of sp³-hybridized carbons (Fsp3) is 0.308. The first-order valence-corrected chi connectivity index (χ1v) is 4.98. The number of aryl methyl sites for hydroxylation is 1. The zero-order chi connectivity index (χ0) is 12.3. The number of hydrogen-bond acceptors (Lipinski definition) is 3. The van der Waals surface area contributed by atoms with Crippen molar-refractivity contribution in [3.05, 3.63) is 28.3 Å². The summed E-state index contributed by atoms with van der Waals surface area (Å²) >= 11 is 0. The van der Waals surface area contributed by atoms with Crippen LogP contribution in [0.5, 0.6) is 5.75 Å². The average molecular weight is 217 g/mol. The largest absolute Gasteiger partial charge is 0.507 e. The first kappa shape index (κ1) is 12.3. The minimum Gasteiger partial charge on any atom is -0.507 e. The Labute approximate surface area is 95.3 Å². The van der Waals surface area contributed by atoms with Crippen LogP contribution >= 0.6 is 0 Å². The molecule has 0 aliphatic rings. The second kappa shape index (κ2) is 4.82. The van der Waals surface area contributed by atoms with Gasteiger partial charge in [0.15, 0.2) is 0 Å². The summed E-state index contributed by atoms with van der Waals surface area (Å²) in [7, 11) is 0. The lowest BCUT2D eigenvalue weighted by Gasteiger charge is -2.17. The zero-order valence-electron chi connectivity index (χ0n) is 9.41. The summed E-state index contributed by atoms with van der Waals surface area (Å²) < 4.78 is 0. The molecule has 0 saturated carbocycles. The van der Waals surface area contributed by atoms with Gasteiger partial charge in [-0.3, -0.25) is 0 Å². The molecular formula is C13H15NO2. The van der Waals surface area contributed by atoms with E-state index >= 15 is 0 Å². The summed E-state index contributed by atoms with van der Waals surface area (Å²) in [5.41, 5.74) is 2.62. The lowest BCUT2D eigenvalue weighted by molar-refractivity contribution is 0.182. The summed E-state index contributed by atoms with van der Waals surface area (Å²) in [4.78, 5) is 0. The molecule has 0 fully saturated rings. The fourth-order valence-electron chi connectivity index (χ4n) is 1.90. The Bertz CT molecular complexity index is 458. The van der Waals surface area contributed by atoms with Crippen molar-refractivity contribution in [1.29, 1.82) is 5.41 Å². The van der Waals surface area contributed by atoms with Crippen LogP contribution in [0, 0.1) is 31.6 Å². The second-order valence-corrected chi connectivity index (χ2v) is 3.73. The first-order chi connectivity index (χ1) is 7.52. The van der Waals surface area contributed by atoms with E-state index in [0.29, 0.717) is 16.7 Å². The maximum absolute atomic E-state index is 9.89. The summed E-state index contributed by atoms with van der Waals surface area (Å²) in [6.45, 7) is 3.57. The minimum absolute atomic E-state index is 0.0571. The maximum atomic E-state index is 9.89. The Morgan fingerprint density at radius 3 is 2.69 bits per heavy atom. The van der Waals surface area contributed by atoms with Crippen molar-refractivity contribution in [2.24, 2.45) is 0 Å². The van der Waals surface area contributed by atoms with Gasteiger partial charge in [-0.25, -0.2) is 0 Å².